The highest BCUT2D eigenvalue weighted by Gasteiger charge is 2.37. The predicted octanol–water partition coefficient (Wildman–Crippen LogP) is -0.790. The quantitative estimate of drug-likeness (QED) is 0.526. The first kappa shape index (κ1) is 21.9. The Balaban J connectivity index is 1.73. The number of rotatable bonds is 7. The first-order valence-electron chi connectivity index (χ1n) is 9.92. The third kappa shape index (κ3) is 5.44. The first-order valence-corrected chi connectivity index (χ1v) is 9.92. The lowest BCUT2D eigenvalue weighted by molar-refractivity contribution is -0.127. The summed E-state index contributed by atoms with van der Waals surface area (Å²) in [6.45, 7) is 0.358. The van der Waals surface area contributed by atoms with E-state index in [9.17, 15) is 19.2 Å². The van der Waals surface area contributed by atoms with Crippen molar-refractivity contribution in [3.63, 3.8) is 0 Å². The number of carbonyl (C=O) groups excluding carboxylic acids is 4. The summed E-state index contributed by atoms with van der Waals surface area (Å²) >= 11 is 0. The average molecular weight is 427 g/mol. The van der Waals surface area contributed by atoms with Gasteiger partial charge in [0.05, 0.1) is 6.20 Å². The van der Waals surface area contributed by atoms with Crippen molar-refractivity contribution in [1.82, 2.24) is 30.1 Å². The molecule has 0 aliphatic carbocycles. The van der Waals surface area contributed by atoms with Crippen LogP contribution in [0.25, 0.3) is 0 Å². The lowest BCUT2D eigenvalue weighted by atomic mass is 9.95. The van der Waals surface area contributed by atoms with Crippen molar-refractivity contribution >= 4 is 23.6 Å². The molecule has 31 heavy (non-hydrogen) atoms. The number of aryl methyl sites for hydroxylation is 1. The zero-order chi connectivity index (χ0) is 22.4. The second-order valence-corrected chi connectivity index (χ2v) is 7.31. The Morgan fingerprint density at radius 1 is 1.26 bits per heavy atom. The van der Waals surface area contributed by atoms with E-state index < -0.39 is 23.8 Å². The number of aromatic nitrogens is 3. The van der Waals surface area contributed by atoms with Gasteiger partial charge in [-0.1, -0.05) is 0 Å². The lowest BCUT2D eigenvalue weighted by Gasteiger charge is -2.38. The molecule has 3 rings (SSSR count). The van der Waals surface area contributed by atoms with Gasteiger partial charge >= 0.3 is 0 Å². The molecule has 0 aromatic carbocycles. The van der Waals surface area contributed by atoms with Crippen molar-refractivity contribution in [3.8, 4) is 0 Å². The van der Waals surface area contributed by atoms with Crippen LogP contribution in [0.3, 0.4) is 0 Å². The SMILES string of the molecule is Cn1cccc1C(=O)N1CC[C@H](NC(=O)c2cnccn2)C[C@H]1C(=O)NCCC(N)=O. The van der Waals surface area contributed by atoms with Gasteiger partial charge in [0.2, 0.25) is 11.8 Å². The molecule has 3 heterocycles. The number of piperidine rings is 1. The van der Waals surface area contributed by atoms with Gasteiger partial charge in [-0.3, -0.25) is 24.2 Å². The zero-order valence-corrected chi connectivity index (χ0v) is 17.2. The van der Waals surface area contributed by atoms with Crippen molar-refractivity contribution in [2.75, 3.05) is 13.1 Å². The van der Waals surface area contributed by atoms with E-state index >= 15 is 0 Å². The maximum atomic E-state index is 13.1. The van der Waals surface area contributed by atoms with Gasteiger partial charge in [-0.15, -0.1) is 0 Å². The number of primary amides is 1. The molecule has 0 spiro atoms. The third-order valence-electron chi connectivity index (χ3n) is 5.13. The van der Waals surface area contributed by atoms with E-state index in [1.54, 1.807) is 29.9 Å². The summed E-state index contributed by atoms with van der Waals surface area (Å²) in [5, 5.41) is 5.52. The summed E-state index contributed by atoms with van der Waals surface area (Å²) in [5.74, 6) is -1.61. The number of hydrogen-bond donors (Lipinski definition) is 3. The van der Waals surface area contributed by atoms with E-state index in [2.05, 4.69) is 20.6 Å². The van der Waals surface area contributed by atoms with Crippen molar-refractivity contribution in [3.05, 3.63) is 48.3 Å². The van der Waals surface area contributed by atoms with Crippen LogP contribution in [0.5, 0.6) is 0 Å². The lowest BCUT2D eigenvalue weighted by Crippen LogP contribution is -2.57. The standard InChI is InChI=1S/C20H25N7O4/c1-26-9-2-3-15(26)20(31)27-10-5-13(25-18(29)14-12-22-7-8-23-14)11-16(27)19(30)24-6-4-17(21)28/h2-3,7-9,12-13,16H,4-6,10-11H2,1H3,(H2,21,28)(H,24,30)(H,25,29)/t13-,16-/m0/s1. The van der Waals surface area contributed by atoms with Crippen LogP contribution in [0.15, 0.2) is 36.9 Å². The van der Waals surface area contributed by atoms with Crippen molar-refractivity contribution < 1.29 is 19.2 Å². The molecule has 11 heteroatoms. The molecule has 2 atom stereocenters. The van der Waals surface area contributed by atoms with Gasteiger partial charge in [0.25, 0.3) is 11.8 Å². The molecule has 1 aliphatic heterocycles. The average Bonchev–Trinajstić information content (AvgIpc) is 3.19. The number of nitrogens with two attached hydrogens (primary N) is 1. The minimum atomic E-state index is -0.809. The normalized spacial score (nSPS) is 18.3. The number of nitrogens with zero attached hydrogens (tertiary/aromatic N) is 4. The molecule has 0 bridgehead atoms. The van der Waals surface area contributed by atoms with E-state index in [-0.39, 0.29) is 43.6 Å². The van der Waals surface area contributed by atoms with Crippen molar-refractivity contribution in [2.24, 2.45) is 12.8 Å². The Kier molecular flexibility index (Phi) is 6.96. The molecule has 4 amide bonds. The fourth-order valence-corrected chi connectivity index (χ4v) is 3.52. The zero-order valence-electron chi connectivity index (χ0n) is 17.2. The predicted molar refractivity (Wildman–Crippen MR) is 110 cm³/mol. The van der Waals surface area contributed by atoms with E-state index in [1.807, 2.05) is 0 Å². The molecular formula is C20H25N7O4. The summed E-state index contributed by atoms with van der Waals surface area (Å²) in [4.78, 5) is 58.7. The summed E-state index contributed by atoms with van der Waals surface area (Å²) in [6.07, 6.45) is 6.71. The van der Waals surface area contributed by atoms with Gasteiger partial charge in [-0.2, -0.15) is 0 Å². The van der Waals surface area contributed by atoms with Gasteiger partial charge < -0.3 is 25.8 Å². The Morgan fingerprint density at radius 2 is 2.06 bits per heavy atom. The molecule has 1 aliphatic rings. The van der Waals surface area contributed by atoms with E-state index in [0.29, 0.717) is 12.1 Å². The summed E-state index contributed by atoms with van der Waals surface area (Å²) in [5.41, 5.74) is 5.76. The highest BCUT2D eigenvalue weighted by Crippen LogP contribution is 2.21. The van der Waals surface area contributed by atoms with Crippen molar-refractivity contribution in [2.45, 2.75) is 31.3 Å². The van der Waals surface area contributed by atoms with Gasteiger partial charge in [0.1, 0.15) is 17.4 Å². The second-order valence-electron chi connectivity index (χ2n) is 7.31. The summed E-state index contributed by atoms with van der Waals surface area (Å²) in [6, 6.07) is 2.30. The van der Waals surface area contributed by atoms with E-state index in [1.165, 1.54) is 23.5 Å². The summed E-state index contributed by atoms with van der Waals surface area (Å²) in [7, 11) is 1.75. The number of carbonyl (C=O) groups is 4. The Labute approximate surface area is 179 Å². The molecule has 0 unspecified atom stereocenters. The Bertz CT molecular complexity index is 959. The van der Waals surface area contributed by atoms with Gasteiger partial charge in [-0.05, 0) is 25.0 Å². The third-order valence-corrected chi connectivity index (χ3v) is 5.13. The minimum Gasteiger partial charge on any atom is -0.370 e. The van der Waals surface area contributed by atoms with Crippen molar-refractivity contribution in [1.29, 1.82) is 0 Å². The highest BCUT2D eigenvalue weighted by molar-refractivity contribution is 5.97. The minimum absolute atomic E-state index is 0.00292. The number of nitrogens with one attached hydrogen (secondary N) is 2. The van der Waals surface area contributed by atoms with Crippen LogP contribution in [-0.2, 0) is 16.6 Å². The number of likely N-dealkylation sites (tertiary alicyclic amines) is 1. The molecule has 0 radical (unpaired) electrons. The Morgan fingerprint density at radius 3 is 2.71 bits per heavy atom. The second kappa shape index (κ2) is 9.83. The molecule has 0 saturated carbocycles. The van der Waals surface area contributed by atoms with Crippen LogP contribution >= 0.6 is 0 Å². The number of hydrogen-bond acceptors (Lipinski definition) is 6. The van der Waals surface area contributed by atoms with Gasteiger partial charge in [-0.25, -0.2) is 4.98 Å². The van der Waals surface area contributed by atoms with Crippen LogP contribution in [0.2, 0.25) is 0 Å². The molecule has 1 saturated heterocycles. The first-order chi connectivity index (χ1) is 14.9. The van der Waals surface area contributed by atoms with Crippen LogP contribution in [-0.4, -0.2) is 68.2 Å². The maximum Gasteiger partial charge on any atom is 0.271 e. The van der Waals surface area contributed by atoms with Gasteiger partial charge in [0, 0.05) is 51.2 Å². The molecule has 2 aromatic rings. The Hall–Kier alpha value is -3.76. The summed E-state index contributed by atoms with van der Waals surface area (Å²) < 4.78 is 1.69. The molecule has 4 N–H and O–H groups in total. The van der Waals surface area contributed by atoms with Crippen LogP contribution in [0, 0.1) is 0 Å². The van der Waals surface area contributed by atoms with Crippen LogP contribution in [0.1, 0.15) is 40.2 Å². The molecule has 2 aromatic heterocycles. The maximum absolute atomic E-state index is 13.1. The van der Waals surface area contributed by atoms with Gasteiger partial charge in [0.15, 0.2) is 0 Å². The van der Waals surface area contributed by atoms with E-state index in [0.717, 1.165) is 0 Å². The monoisotopic (exact) mass is 427 g/mol. The number of amides is 4. The smallest absolute Gasteiger partial charge is 0.271 e. The highest BCUT2D eigenvalue weighted by atomic mass is 16.2. The largest absolute Gasteiger partial charge is 0.370 e. The molecule has 1 fully saturated rings. The fourth-order valence-electron chi connectivity index (χ4n) is 3.52. The molecule has 11 nitrogen and oxygen atoms in total. The van der Waals surface area contributed by atoms with E-state index in [4.69, 9.17) is 5.73 Å². The topological polar surface area (TPSA) is 152 Å². The fraction of sp³-hybridized carbons (Fsp3) is 0.400. The molecular weight excluding hydrogens is 402 g/mol. The van der Waals surface area contributed by atoms with Crippen LogP contribution < -0.4 is 16.4 Å². The van der Waals surface area contributed by atoms with Crippen LogP contribution in [0.4, 0.5) is 0 Å². The molecule has 164 valence electrons.